The number of carbonyl (C=O) groups is 2. The van der Waals surface area contributed by atoms with E-state index in [-0.39, 0.29) is 29.3 Å². The summed E-state index contributed by atoms with van der Waals surface area (Å²) < 4.78 is 0. The molecule has 0 radical (unpaired) electrons. The fraction of sp³-hybridized carbons (Fsp3) is 0.818. The van der Waals surface area contributed by atoms with Gasteiger partial charge in [0.05, 0.1) is 11.5 Å². The van der Waals surface area contributed by atoms with Crippen LogP contribution in [0.5, 0.6) is 0 Å². The van der Waals surface area contributed by atoms with E-state index in [1.54, 1.807) is 23.7 Å². The molecule has 2 rings (SSSR count). The van der Waals surface area contributed by atoms with Gasteiger partial charge in [0, 0.05) is 25.8 Å². The summed E-state index contributed by atoms with van der Waals surface area (Å²) in [7, 11) is 1.67. The molecular weight excluding hydrogens is 240 g/mol. The first-order valence-electron chi connectivity index (χ1n) is 5.81. The fourth-order valence-electron chi connectivity index (χ4n) is 2.52. The van der Waals surface area contributed by atoms with Crippen LogP contribution in [0, 0.1) is 0 Å². The Hall–Kier alpha value is -0.750. The molecule has 2 aliphatic rings. The number of hydrogen-bond acceptors (Lipinski definition) is 4. The van der Waals surface area contributed by atoms with Crippen molar-refractivity contribution in [1.82, 2.24) is 9.80 Å². The molecular formula is C11H18N2O3S. The number of rotatable bonds is 3. The molecule has 2 unspecified atom stereocenters. The average Bonchev–Trinajstić information content (AvgIpc) is 2.76. The van der Waals surface area contributed by atoms with Gasteiger partial charge in [0.15, 0.2) is 0 Å². The lowest BCUT2D eigenvalue weighted by Crippen LogP contribution is -2.50. The van der Waals surface area contributed by atoms with Crippen LogP contribution in [0.3, 0.4) is 0 Å². The lowest BCUT2D eigenvalue weighted by Gasteiger charge is -2.31. The van der Waals surface area contributed by atoms with Crippen molar-refractivity contribution in [2.24, 2.45) is 0 Å². The van der Waals surface area contributed by atoms with Gasteiger partial charge in [-0.3, -0.25) is 9.59 Å². The summed E-state index contributed by atoms with van der Waals surface area (Å²) in [5, 5.41) is 8.84. The van der Waals surface area contributed by atoms with Crippen molar-refractivity contribution >= 4 is 23.6 Å². The first-order chi connectivity index (χ1) is 7.99. The van der Waals surface area contributed by atoms with E-state index in [4.69, 9.17) is 5.11 Å². The molecule has 2 fully saturated rings. The third kappa shape index (κ3) is 2.04. The van der Waals surface area contributed by atoms with Gasteiger partial charge in [-0.05, 0) is 13.3 Å². The number of nitrogens with zero attached hydrogens (tertiary/aromatic N) is 2. The zero-order valence-electron chi connectivity index (χ0n) is 10.2. The number of fused-ring (bicyclic) bond motifs is 1. The Morgan fingerprint density at radius 2 is 2.41 bits per heavy atom. The molecule has 0 aromatic carbocycles. The second-order valence-electron chi connectivity index (χ2n) is 4.75. The largest absolute Gasteiger partial charge is 0.395 e. The molecule has 2 atom stereocenters. The Morgan fingerprint density at radius 3 is 3.06 bits per heavy atom. The van der Waals surface area contributed by atoms with Crippen LogP contribution in [-0.4, -0.2) is 63.6 Å². The quantitative estimate of drug-likeness (QED) is 0.767. The first kappa shape index (κ1) is 12.7. The summed E-state index contributed by atoms with van der Waals surface area (Å²) in [4.78, 5) is 27.1. The van der Waals surface area contributed by atoms with Gasteiger partial charge < -0.3 is 14.9 Å². The van der Waals surface area contributed by atoms with E-state index in [9.17, 15) is 9.59 Å². The maximum Gasteiger partial charge on any atom is 0.246 e. The normalized spacial score (nSPS) is 31.8. The second kappa shape index (κ2) is 4.49. The average molecular weight is 258 g/mol. The fourth-order valence-corrected chi connectivity index (χ4v) is 3.94. The van der Waals surface area contributed by atoms with Crippen molar-refractivity contribution in [2.75, 3.05) is 26.0 Å². The van der Waals surface area contributed by atoms with E-state index in [2.05, 4.69) is 0 Å². The topological polar surface area (TPSA) is 60.9 Å². The highest BCUT2D eigenvalue weighted by molar-refractivity contribution is 8.01. The van der Waals surface area contributed by atoms with Gasteiger partial charge in [-0.1, -0.05) is 0 Å². The Labute approximate surface area is 105 Å². The number of thioether (sulfide) groups is 1. The van der Waals surface area contributed by atoms with E-state index < -0.39 is 0 Å². The number of aliphatic hydroxyl groups excluding tert-OH is 1. The monoisotopic (exact) mass is 258 g/mol. The molecule has 0 aromatic rings. The standard InChI is InChI=1S/C11H18N2O3S/c1-11-4-3-9(15)13(11)8(7-17-11)10(16)12(2)5-6-14/h8,14H,3-7H2,1-2H3. The summed E-state index contributed by atoms with van der Waals surface area (Å²) >= 11 is 1.69. The van der Waals surface area contributed by atoms with Crippen LogP contribution in [0.4, 0.5) is 0 Å². The molecule has 0 aliphatic carbocycles. The number of likely N-dealkylation sites (N-methyl/N-ethyl adjacent to an activating group) is 1. The molecule has 0 aromatic heterocycles. The maximum absolute atomic E-state index is 12.2. The van der Waals surface area contributed by atoms with Crippen LogP contribution >= 0.6 is 11.8 Å². The van der Waals surface area contributed by atoms with Crippen molar-refractivity contribution in [1.29, 1.82) is 0 Å². The lowest BCUT2D eigenvalue weighted by atomic mass is 10.2. The van der Waals surface area contributed by atoms with Gasteiger partial charge in [-0.15, -0.1) is 11.8 Å². The van der Waals surface area contributed by atoms with Crippen LogP contribution in [0.2, 0.25) is 0 Å². The third-order valence-electron chi connectivity index (χ3n) is 3.54. The van der Waals surface area contributed by atoms with Gasteiger partial charge in [0.2, 0.25) is 11.8 Å². The summed E-state index contributed by atoms with van der Waals surface area (Å²) in [5.74, 6) is 0.676. The van der Waals surface area contributed by atoms with Crippen molar-refractivity contribution in [3.05, 3.63) is 0 Å². The predicted molar refractivity (Wildman–Crippen MR) is 65.5 cm³/mol. The molecule has 0 spiro atoms. The van der Waals surface area contributed by atoms with E-state index in [1.165, 1.54) is 4.90 Å². The van der Waals surface area contributed by atoms with Crippen LogP contribution < -0.4 is 0 Å². The van der Waals surface area contributed by atoms with Crippen molar-refractivity contribution in [2.45, 2.75) is 30.7 Å². The highest BCUT2D eigenvalue weighted by Gasteiger charge is 2.53. The number of carbonyl (C=O) groups excluding carboxylic acids is 2. The molecule has 96 valence electrons. The van der Waals surface area contributed by atoms with Crippen molar-refractivity contribution < 1.29 is 14.7 Å². The maximum atomic E-state index is 12.2. The molecule has 5 nitrogen and oxygen atoms in total. The first-order valence-corrected chi connectivity index (χ1v) is 6.80. The minimum atomic E-state index is -0.350. The Bertz CT molecular complexity index is 350. The SMILES string of the molecule is CN(CCO)C(=O)C1CSC2(C)CCC(=O)N12. The highest BCUT2D eigenvalue weighted by Crippen LogP contribution is 2.47. The van der Waals surface area contributed by atoms with Crippen molar-refractivity contribution in [3.8, 4) is 0 Å². The summed E-state index contributed by atoms with van der Waals surface area (Å²) in [6.45, 7) is 2.30. The molecule has 6 heteroatoms. The minimum Gasteiger partial charge on any atom is -0.395 e. The molecule has 17 heavy (non-hydrogen) atoms. The van der Waals surface area contributed by atoms with E-state index in [1.807, 2.05) is 6.92 Å². The van der Waals surface area contributed by atoms with Gasteiger partial charge in [-0.2, -0.15) is 0 Å². The predicted octanol–water partition coefficient (Wildman–Crippen LogP) is -0.109. The van der Waals surface area contributed by atoms with Gasteiger partial charge in [0.1, 0.15) is 6.04 Å². The Balaban J connectivity index is 2.13. The van der Waals surface area contributed by atoms with Crippen LogP contribution in [0.25, 0.3) is 0 Å². The molecule has 2 amide bonds. The molecule has 2 saturated heterocycles. The number of amides is 2. The Morgan fingerprint density at radius 1 is 1.71 bits per heavy atom. The van der Waals surface area contributed by atoms with Crippen LogP contribution in [0.1, 0.15) is 19.8 Å². The van der Waals surface area contributed by atoms with Gasteiger partial charge >= 0.3 is 0 Å². The van der Waals surface area contributed by atoms with E-state index in [0.717, 1.165) is 6.42 Å². The molecule has 0 saturated carbocycles. The second-order valence-corrected chi connectivity index (χ2v) is 6.25. The molecule has 2 heterocycles. The van der Waals surface area contributed by atoms with Crippen molar-refractivity contribution in [3.63, 3.8) is 0 Å². The molecule has 0 bridgehead atoms. The number of aliphatic hydroxyl groups is 1. The van der Waals surface area contributed by atoms with Gasteiger partial charge in [-0.25, -0.2) is 0 Å². The van der Waals surface area contributed by atoms with Crippen LogP contribution in [-0.2, 0) is 9.59 Å². The van der Waals surface area contributed by atoms with Gasteiger partial charge in [0.25, 0.3) is 0 Å². The molecule has 1 N–H and O–H groups in total. The highest BCUT2D eigenvalue weighted by atomic mass is 32.2. The summed E-state index contributed by atoms with van der Waals surface area (Å²) in [6.07, 6.45) is 1.36. The third-order valence-corrected chi connectivity index (χ3v) is 5.05. The van der Waals surface area contributed by atoms with E-state index in [0.29, 0.717) is 18.7 Å². The summed E-state index contributed by atoms with van der Waals surface area (Å²) in [5.41, 5.74) is 0. The minimum absolute atomic E-state index is 0.0483. The van der Waals surface area contributed by atoms with Crippen LogP contribution in [0.15, 0.2) is 0 Å². The number of hydrogen-bond donors (Lipinski definition) is 1. The summed E-state index contributed by atoms with van der Waals surface area (Å²) in [6, 6.07) is -0.350. The lowest BCUT2D eigenvalue weighted by molar-refractivity contribution is -0.143. The molecule has 2 aliphatic heterocycles. The van der Waals surface area contributed by atoms with E-state index >= 15 is 0 Å². The smallest absolute Gasteiger partial charge is 0.246 e. The Kier molecular flexibility index (Phi) is 3.36. The zero-order chi connectivity index (χ0) is 12.6. The zero-order valence-corrected chi connectivity index (χ0v) is 11.0.